The third-order valence-electron chi connectivity index (χ3n) is 5.97. The van der Waals surface area contributed by atoms with Gasteiger partial charge in [0.15, 0.2) is 0 Å². The number of fused-ring (bicyclic) bond motifs is 1. The number of benzene rings is 1. The summed E-state index contributed by atoms with van der Waals surface area (Å²) in [5.74, 6) is -0.225. The van der Waals surface area contributed by atoms with Gasteiger partial charge < -0.3 is 15.2 Å². The Bertz CT molecular complexity index is 1070. The molecule has 1 aromatic carbocycles. The summed E-state index contributed by atoms with van der Waals surface area (Å²) in [4.78, 5) is 31.5. The Kier molecular flexibility index (Phi) is 4.93. The maximum Gasteiger partial charge on any atom is 0.252 e. The molecule has 28 heavy (non-hydrogen) atoms. The van der Waals surface area contributed by atoms with Gasteiger partial charge in [-0.05, 0) is 43.4 Å². The van der Waals surface area contributed by atoms with E-state index in [9.17, 15) is 9.59 Å². The third kappa shape index (κ3) is 3.30. The predicted octanol–water partition coefficient (Wildman–Crippen LogP) is 3.14. The van der Waals surface area contributed by atoms with Gasteiger partial charge >= 0.3 is 0 Å². The molecule has 6 nitrogen and oxygen atoms in total. The van der Waals surface area contributed by atoms with Crippen molar-refractivity contribution in [3.63, 3.8) is 0 Å². The normalized spacial score (nSPS) is 19.6. The molecule has 1 fully saturated rings. The van der Waals surface area contributed by atoms with Crippen molar-refractivity contribution < 1.29 is 4.79 Å². The van der Waals surface area contributed by atoms with Crippen LogP contribution in [0.25, 0.3) is 21.3 Å². The molecule has 7 heteroatoms. The fourth-order valence-electron chi connectivity index (χ4n) is 4.19. The van der Waals surface area contributed by atoms with Crippen LogP contribution < -0.4 is 16.2 Å². The topological polar surface area (TPSA) is 81.2 Å². The number of amides is 1. The van der Waals surface area contributed by atoms with Gasteiger partial charge in [-0.2, -0.15) is 0 Å². The van der Waals surface area contributed by atoms with Gasteiger partial charge in [-0.25, -0.2) is 0 Å². The molecule has 2 heterocycles. The molecule has 1 aliphatic carbocycles. The van der Waals surface area contributed by atoms with Crippen LogP contribution in [0.3, 0.4) is 0 Å². The first kappa shape index (κ1) is 18.7. The van der Waals surface area contributed by atoms with Crippen molar-refractivity contribution in [2.24, 2.45) is 18.7 Å². The monoisotopic (exact) mass is 396 g/mol. The summed E-state index contributed by atoms with van der Waals surface area (Å²) >= 11 is 1.60. The molecule has 0 bridgehead atoms. The van der Waals surface area contributed by atoms with Crippen molar-refractivity contribution in [1.82, 2.24) is 9.55 Å². The number of aryl methyl sites for hydroxylation is 1. The number of nitrogens with zero attached hydrogens (tertiary/aromatic N) is 3. The first-order valence-electron chi connectivity index (χ1n) is 9.50. The molecule has 3 aromatic rings. The van der Waals surface area contributed by atoms with Crippen molar-refractivity contribution in [1.29, 1.82) is 0 Å². The third-order valence-corrected chi connectivity index (χ3v) is 6.79. The molecular weight excluding hydrogens is 372 g/mol. The molecule has 0 radical (unpaired) electrons. The molecule has 1 saturated carbocycles. The Hall–Kier alpha value is -2.67. The Morgan fingerprint density at radius 1 is 1.25 bits per heavy atom. The van der Waals surface area contributed by atoms with Gasteiger partial charge in [0.2, 0.25) is 5.91 Å². The minimum Gasteiger partial charge on any atom is -0.371 e. The second kappa shape index (κ2) is 7.39. The Morgan fingerprint density at radius 3 is 2.64 bits per heavy atom. The smallest absolute Gasteiger partial charge is 0.252 e. The largest absolute Gasteiger partial charge is 0.371 e. The minimum atomic E-state index is -0.200. The number of thiazole rings is 1. The number of rotatable bonds is 4. The number of carbonyl (C=O) groups is 1. The van der Waals surface area contributed by atoms with E-state index >= 15 is 0 Å². The van der Waals surface area contributed by atoms with Crippen LogP contribution in [0.4, 0.5) is 5.69 Å². The van der Waals surface area contributed by atoms with Crippen LogP contribution >= 0.6 is 11.3 Å². The van der Waals surface area contributed by atoms with Gasteiger partial charge in [-0.15, -0.1) is 11.3 Å². The lowest BCUT2D eigenvalue weighted by Gasteiger charge is -2.35. The second-order valence-corrected chi connectivity index (χ2v) is 8.43. The molecule has 0 aliphatic heterocycles. The van der Waals surface area contributed by atoms with Crippen molar-refractivity contribution in [2.45, 2.75) is 31.7 Å². The van der Waals surface area contributed by atoms with Crippen LogP contribution in [-0.4, -0.2) is 28.5 Å². The molecular formula is C21H24N4O2S. The van der Waals surface area contributed by atoms with E-state index in [0.29, 0.717) is 0 Å². The fraction of sp³-hybridized carbons (Fsp3) is 0.381. The number of nitrogens with two attached hydrogens (primary N) is 1. The molecule has 2 aromatic heterocycles. The van der Waals surface area contributed by atoms with E-state index in [0.717, 1.165) is 52.7 Å². The van der Waals surface area contributed by atoms with E-state index in [-0.39, 0.29) is 23.4 Å². The lowest BCUT2D eigenvalue weighted by atomic mass is 9.85. The number of anilines is 1. The molecule has 0 saturated heterocycles. The predicted molar refractivity (Wildman–Crippen MR) is 114 cm³/mol. The molecule has 2 N–H and O–H groups in total. The van der Waals surface area contributed by atoms with E-state index < -0.39 is 0 Å². The highest BCUT2D eigenvalue weighted by Gasteiger charge is 2.28. The highest BCUT2D eigenvalue weighted by atomic mass is 32.1. The Balaban J connectivity index is 1.75. The molecule has 4 rings (SSSR count). The molecule has 0 unspecified atom stereocenters. The van der Waals surface area contributed by atoms with Crippen molar-refractivity contribution in [3.05, 3.63) is 46.3 Å². The van der Waals surface area contributed by atoms with Crippen molar-refractivity contribution in [3.8, 4) is 10.4 Å². The average Bonchev–Trinajstić information content (AvgIpc) is 3.25. The van der Waals surface area contributed by atoms with Gasteiger partial charge in [0.25, 0.3) is 5.56 Å². The lowest BCUT2D eigenvalue weighted by molar-refractivity contribution is -0.122. The molecule has 1 amide bonds. The zero-order valence-corrected chi connectivity index (χ0v) is 16.9. The van der Waals surface area contributed by atoms with Crippen LogP contribution in [0.2, 0.25) is 0 Å². The van der Waals surface area contributed by atoms with Gasteiger partial charge in [0.1, 0.15) is 0 Å². The van der Waals surface area contributed by atoms with Gasteiger partial charge in [0, 0.05) is 43.7 Å². The minimum absolute atomic E-state index is 0.0225. The zero-order valence-electron chi connectivity index (χ0n) is 16.1. The summed E-state index contributed by atoms with van der Waals surface area (Å²) in [5, 5.41) is 1.05. The van der Waals surface area contributed by atoms with Gasteiger partial charge in [0.05, 0.1) is 21.6 Å². The molecule has 0 spiro atoms. The summed E-state index contributed by atoms with van der Waals surface area (Å²) in [6, 6.07) is 8.20. The first-order valence-corrected chi connectivity index (χ1v) is 10.4. The van der Waals surface area contributed by atoms with Crippen LogP contribution in [0.1, 0.15) is 25.7 Å². The van der Waals surface area contributed by atoms with Crippen LogP contribution in [0, 0.1) is 5.92 Å². The standard InChI is InChI=1S/C21H24N4O2S/c1-24(15-6-3-13(4-7-15)21(22)27)18-10-20(26)25(2)17-8-5-14(9-16(17)18)19-11-23-12-28-19/h5,8-13,15H,3-4,6-7H2,1-2H3,(H2,22,27). The van der Waals surface area contributed by atoms with Crippen LogP contribution in [-0.2, 0) is 11.8 Å². The first-order chi connectivity index (χ1) is 13.5. The molecule has 146 valence electrons. The summed E-state index contributed by atoms with van der Waals surface area (Å²) < 4.78 is 1.69. The van der Waals surface area contributed by atoms with Crippen LogP contribution in [0.5, 0.6) is 0 Å². The van der Waals surface area contributed by atoms with Crippen molar-refractivity contribution in [2.75, 3.05) is 11.9 Å². The molecule has 1 aliphatic rings. The summed E-state index contributed by atoms with van der Waals surface area (Å²) in [6.45, 7) is 0. The van der Waals surface area contributed by atoms with E-state index in [1.54, 1.807) is 29.0 Å². The summed E-state index contributed by atoms with van der Waals surface area (Å²) in [6.07, 6.45) is 5.27. The quantitative estimate of drug-likeness (QED) is 0.735. The zero-order chi connectivity index (χ0) is 19.8. The SMILES string of the molecule is CN(c1cc(=O)n(C)c2ccc(-c3cncs3)cc12)C1CCC(C(N)=O)CC1. The average molecular weight is 397 g/mol. The number of aromatic nitrogens is 2. The van der Waals surface area contributed by atoms with Crippen molar-refractivity contribution >= 4 is 33.8 Å². The van der Waals surface area contributed by atoms with Crippen LogP contribution in [0.15, 0.2) is 40.8 Å². The van der Waals surface area contributed by atoms with E-state index in [1.165, 1.54) is 0 Å². The summed E-state index contributed by atoms with van der Waals surface area (Å²) in [7, 11) is 3.85. The number of primary amides is 1. The Morgan fingerprint density at radius 2 is 2.00 bits per heavy atom. The number of carbonyl (C=O) groups excluding carboxylic acids is 1. The second-order valence-electron chi connectivity index (χ2n) is 7.54. The highest BCUT2D eigenvalue weighted by molar-refractivity contribution is 7.13. The van der Waals surface area contributed by atoms with E-state index in [1.807, 2.05) is 30.9 Å². The molecule has 0 atom stereocenters. The summed E-state index contributed by atoms with van der Waals surface area (Å²) in [5.41, 5.74) is 10.2. The maximum absolute atomic E-state index is 12.6. The lowest BCUT2D eigenvalue weighted by Crippen LogP contribution is -2.38. The number of hydrogen-bond acceptors (Lipinski definition) is 5. The van der Waals surface area contributed by atoms with Gasteiger partial charge in [-0.3, -0.25) is 14.6 Å². The number of pyridine rings is 1. The Labute approximate surface area is 167 Å². The van der Waals surface area contributed by atoms with E-state index in [4.69, 9.17) is 5.73 Å². The number of hydrogen-bond donors (Lipinski definition) is 1. The fourth-order valence-corrected chi connectivity index (χ4v) is 4.81. The van der Waals surface area contributed by atoms with Gasteiger partial charge in [-0.1, -0.05) is 6.07 Å². The maximum atomic E-state index is 12.6. The highest BCUT2D eigenvalue weighted by Crippen LogP contribution is 2.34. The van der Waals surface area contributed by atoms with E-state index in [2.05, 4.69) is 16.0 Å².